The van der Waals surface area contributed by atoms with Gasteiger partial charge in [-0.25, -0.2) is 13.2 Å². The molecule has 0 amide bonds. The van der Waals surface area contributed by atoms with Gasteiger partial charge >= 0.3 is 5.97 Å². The van der Waals surface area contributed by atoms with E-state index >= 15 is 0 Å². The Morgan fingerprint density at radius 1 is 1.19 bits per heavy atom. The molecule has 8 nitrogen and oxygen atoms in total. The number of ether oxygens (including phenoxy) is 2. The van der Waals surface area contributed by atoms with Gasteiger partial charge in [0.1, 0.15) is 12.4 Å². The maximum absolute atomic E-state index is 12.7. The minimum atomic E-state index is -3.85. The molecule has 27 heavy (non-hydrogen) atoms. The van der Waals surface area contributed by atoms with Gasteiger partial charge in [0.15, 0.2) is 5.76 Å². The number of anilines is 1. The van der Waals surface area contributed by atoms with Crippen LogP contribution in [0.5, 0.6) is 5.75 Å². The molecule has 1 aliphatic heterocycles. The lowest BCUT2D eigenvalue weighted by molar-refractivity contribution is 0.0600. The van der Waals surface area contributed by atoms with Crippen LogP contribution in [0.4, 0.5) is 5.69 Å². The molecule has 2 heterocycles. The molecule has 0 saturated heterocycles. The lowest BCUT2D eigenvalue weighted by Crippen LogP contribution is -2.14. The fraction of sp³-hybridized carbons (Fsp3) is 0.111. The summed E-state index contributed by atoms with van der Waals surface area (Å²) in [6.07, 6.45) is 1.54. The van der Waals surface area contributed by atoms with Crippen LogP contribution < -0.4 is 9.46 Å². The van der Waals surface area contributed by atoms with E-state index in [1.165, 1.54) is 43.5 Å². The number of carbonyl (C=O) groups excluding carboxylic acids is 1. The number of methoxy groups -OCH3 is 1. The molecule has 0 saturated carbocycles. The number of rotatable bonds is 4. The molecule has 0 atom stereocenters. The summed E-state index contributed by atoms with van der Waals surface area (Å²) in [5.41, 5.74) is 1.92. The van der Waals surface area contributed by atoms with Crippen molar-refractivity contribution in [2.45, 2.75) is 11.5 Å². The summed E-state index contributed by atoms with van der Waals surface area (Å²) in [6.45, 7) is 0.322. The van der Waals surface area contributed by atoms with Gasteiger partial charge in [-0.1, -0.05) is 5.16 Å². The number of fused-ring (bicyclic) bond motifs is 3. The Kier molecular flexibility index (Phi) is 4.08. The van der Waals surface area contributed by atoms with Crippen LogP contribution in [-0.2, 0) is 21.4 Å². The van der Waals surface area contributed by atoms with Gasteiger partial charge in [0.25, 0.3) is 10.0 Å². The normalized spacial score (nSPS) is 12.5. The number of nitrogens with zero attached hydrogens (tertiary/aromatic N) is 1. The van der Waals surface area contributed by atoms with Crippen LogP contribution >= 0.6 is 0 Å². The second-order valence-corrected chi connectivity index (χ2v) is 7.48. The third kappa shape index (κ3) is 3.13. The van der Waals surface area contributed by atoms with Crippen molar-refractivity contribution >= 4 is 21.7 Å². The van der Waals surface area contributed by atoms with Gasteiger partial charge in [-0.05, 0) is 42.5 Å². The first kappa shape index (κ1) is 17.1. The van der Waals surface area contributed by atoms with Crippen LogP contribution in [0.3, 0.4) is 0 Å². The number of sulfonamides is 1. The van der Waals surface area contributed by atoms with Gasteiger partial charge in [0.2, 0.25) is 0 Å². The summed E-state index contributed by atoms with van der Waals surface area (Å²) >= 11 is 0. The largest absolute Gasteiger partial charge is 0.488 e. The minimum absolute atomic E-state index is 0.0474. The van der Waals surface area contributed by atoms with Gasteiger partial charge in [-0.3, -0.25) is 4.72 Å². The first-order chi connectivity index (χ1) is 13.0. The Morgan fingerprint density at radius 2 is 1.96 bits per heavy atom. The fourth-order valence-electron chi connectivity index (χ4n) is 2.73. The molecule has 3 aromatic rings. The SMILES string of the molecule is COC(=O)c1ccc(NS(=O)(=O)c2ccc3c(c2)-c2oncc2CO3)cc1. The molecule has 0 unspecified atom stereocenters. The summed E-state index contributed by atoms with van der Waals surface area (Å²) in [5.74, 6) is 0.526. The van der Waals surface area contributed by atoms with Gasteiger partial charge in [-0.15, -0.1) is 0 Å². The Hall–Kier alpha value is -3.33. The molecule has 4 rings (SSSR count). The van der Waals surface area contributed by atoms with Crippen molar-refractivity contribution in [2.24, 2.45) is 0 Å². The average molecular weight is 386 g/mol. The average Bonchev–Trinajstić information content (AvgIpc) is 3.16. The molecule has 0 fully saturated rings. The minimum Gasteiger partial charge on any atom is -0.488 e. The molecule has 1 N–H and O–H groups in total. The van der Waals surface area contributed by atoms with Crippen molar-refractivity contribution in [1.29, 1.82) is 0 Å². The topological polar surface area (TPSA) is 108 Å². The molecule has 2 aromatic carbocycles. The highest BCUT2D eigenvalue weighted by atomic mass is 32.2. The number of carbonyl (C=O) groups is 1. The van der Waals surface area contributed by atoms with Crippen LogP contribution in [0.25, 0.3) is 11.3 Å². The number of nitrogens with one attached hydrogen (secondary N) is 1. The maximum Gasteiger partial charge on any atom is 0.337 e. The quantitative estimate of drug-likeness (QED) is 0.687. The summed E-state index contributed by atoms with van der Waals surface area (Å²) in [5, 5.41) is 3.73. The Labute approximate surface area is 154 Å². The third-order valence-corrected chi connectivity index (χ3v) is 5.47. The summed E-state index contributed by atoms with van der Waals surface area (Å²) < 4.78 is 43.3. The van der Waals surface area contributed by atoms with E-state index < -0.39 is 16.0 Å². The zero-order valence-corrected chi connectivity index (χ0v) is 14.9. The molecular weight excluding hydrogens is 372 g/mol. The van der Waals surface area contributed by atoms with Crippen LogP contribution in [0.1, 0.15) is 15.9 Å². The predicted octanol–water partition coefficient (Wildman–Crippen LogP) is 2.82. The summed E-state index contributed by atoms with van der Waals surface area (Å²) in [4.78, 5) is 11.5. The second kappa shape index (κ2) is 6.44. The van der Waals surface area contributed by atoms with Gasteiger partial charge in [0, 0.05) is 5.69 Å². The molecule has 9 heteroatoms. The van der Waals surface area contributed by atoms with E-state index in [0.717, 1.165) is 5.56 Å². The zero-order chi connectivity index (χ0) is 19.0. The highest BCUT2D eigenvalue weighted by Crippen LogP contribution is 2.38. The number of esters is 1. The first-order valence-electron chi connectivity index (χ1n) is 7.90. The number of hydrogen-bond donors (Lipinski definition) is 1. The van der Waals surface area contributed by atoms with Crippen molar-refractivity contribution in [1.82, 2.24) is 5.16 Å². The van der Waals surface area contributed by atoms with E-state index in [-0.39, 0.29) is 4.90 Å². The summed E-state index contributed by atoms with van der Waals surface area (Å²) in [6, 6.07) is 10.4. The predicted molar refractivity (Wildman–Crippen MR) is 94.9 cm³/mol. The fourth-order valence-corrected chi connectivity index (χ4v) is 3.81. The van der Waals surface area contributed by atoms with Gasteiger partial charge < -0.3 is 14.0 Å². The van der Waals surface area contributed by atoms with Crippen molar-refractivity contribution in [2.75, 3.05) is 11.8 Å². The van der Waals surface area contributed by atoms with E-state index in [2.05, 4.69) is 14.6 Å². The molecular formula is C18H14N2O6S. The van der Waals surface area contributed by atoms with Crippen LogP contribution in [-0.4, -0.2) is 26.7 Å². The van der Waals surface area contributed by atoms with Gasteiger partial charge in [-0.2, -0.15) is 0 Å². The van der Waals surface area contributed by atoms with E-state index in [9.17, 15) is 13.2 Å². The molecule has 0 aliphatic carbocycles. The molecule has 0 bridgehead atoms. The highest BCUT2D eigenvalue weighted by Gasteiger charge is 2.24. The number of benzene rings is 2. The van der Waals surface area contributed by atoms with Crippen molar-refractivity contribution in [3.63, 3.8) is 0 Å². The van der Waals surface area contributed by atoms with Crippen LogP contribution in [0, 0.1) is 0 Å². The lowest BCUT2D eigenvalue weighted by atomic mass is 10.1. The van der Waals surface area contributed by atoms with Crippen molar-refractivity contribution in [3.05, 3.63) is 59.8 Å². The Morgan fingerprint density at radius 3 is 2.70 bits per heavy atom. The van der Waals surface area contributed by atoms with Crippen LogP contribution in [0.2, 0.25) is 0 Å². The molecule has 0 spiro atoms. The van der Waals surface area contributed by atoms with E-state index in [1.807, 2.05) is 0 Å². The lowest BCUT2D eigenvalue weighted by Gasteiger charge is -2.17. The molecule has 1 aliphatic rings. The molecule has 0 radical (unpaired) electrons. The Bertz CT molecular complexity index is 1120. The van der Waals surface area contributed by atoms with Crippen molar-refractivity contribution in [3.8, 4) is 17.1 Å². The summed E-state index contributed by atoms with van der Waals surface area (Å²) in [7, 11) is -2.58. The maximum atomic E-state index is 12.7. The molecule has 138 valence electrons. The third-order valence-electron chi connectivity index (χ3n) is 4.09. The second-order valence-electron chi connectivity index (χ2n) is 5.80. The van der Waals surface area contributed by atoms with E-state index in [1.54, 1.807) is 12.3 Å². The monoisotopic (exact) mass is 386 g/mol. The highest BCUT2D eigenvalue weighted by molar-refractivity contribution is 7.92. The van der Waals surface area contributed by atoms with E-state index in [4.69, 9.17) is 9.26 Å². The number of aromatic nitrogens is 1. The first-order valence-corrected chi connectivity index (χ1v) is 9.38. The number of hydrogen-bond acceptors (Lipinski definition) is 7. The smallest absolute Gasteiger partial charge is 0.337 e. The molecule has 1 aromatic heterocycles. The van der Waals surface area contributed by atoms with Crippen molar-refractivity contribution < 1.29 is 27.2 Å². The van der Waals surface area contributed by atoms with Gasteiger partial charge in [0.05, 0.1) is 34.9 Å². The van der Waals surface area contributed by atoms with E-state index in [0.29, 0.717) is 34.9 Å². The zero-order valence-electron chi connectivity index (χ0n) is 14.1. The Balaban J connectivity index is 1.63. The standard InChI is InChI=1S/C18H14N2O6S/c1-24-18(21)11-2-4-13(5-3-11)20-27(22,23)14-6-7-16-15(8-14)17-12(10-25-16)9-19-26-17/h2-9,20H,10H2,1H3. The van der Waals surface area contributed by atoms with Crippen LogP contribution in [0.15, 0.2) is 58.1 Å².